The van der Waals surface area contributed by atoms with Gasteiger partial charge in [0.15, 0.2) is 0 Å². The molecule has 1 atom stereocenters. The van der Waals surface area contributed by atoms with Gasteiger partial charge in [-0.25, -0.2) is 4.39 Å². The van der Waals surface area contributed by atoms with E-state index in [0.29, 0.717) is 5.56 Å². The van der Waals surface area contributed by atoms with Gasteiger partial charge >= 0.3 is 5.97 Å². The Morgan fingerprint density at radius 1 is 1.50 bits per heavy atom. The van der Waals surface area contributed by atoms with E-state index in [2.05, 4.69) is 4.74 Å². The van der Waals surface area contributed by atoms with Crippen LogP contribution in [0.1, 0.15) is 25.5 Å². The number of nitrogens with two attached hydrogens (primary N) is 1. The zero-order valence-electron chi connectivity index (χ0n) is 10.4. The van der Waals surface area contributed by atoms with Crippen molar-refractivity contribution in [2.24, 2.45) is 11.1 Å². The summed E-state index contributed by atoms with van der Waals surface area (Å²) in [7, 11) is 1.29. The number of hydrogen-bond acceptors (Lipinski definition) is 3. The Morgan fingerprint density at radius 2 is 2.06 bits per heavy atom. The van der Waals surface area contributed by atoms with Gasteiger partial charge in [-0.3, -0.25) is 4.79 Å². The first-order valence-electron chi connectivity index (χ1n) is 5.09. The molecule has 0 aromatic heterocycles. The van der Waals surface area contributed by atoms with Crippen molar-refractivity contribution in [3.8, 4) is 0 Å². The molecule has 0 bridgehead atoms. The van der Waals surface area contributed by atoms with Crippen LogP contribution in [0.15, 0.2) is 18.2 Å². The Hall–Kier alpha value is -0.840. The zero-order chi connectivity index (χ0) is 13.2. The Labute approximate surface area is 117 Å². The van der Waals surface area contributed by atoms with Crippen LogP contribution in [0.5, 0.6) is 0 Å². The van der Waals surface area contributed by atoms with Crippen LogP contribution in [0, 0.1) is 11.2 Å². The van der Waals surface area contributed by atoms with E-state index in [1.165, 1.54) is 19.2 Å². The van der Waals surface area contributed by atoms with Crippen LogP contribution in [0.2, 0.25) is 5.02 Å². The molecule has 18 heavy (non-hydrogen) atoms. The van der Waals surface area contributed by atoms with Gasteiger partial charge in [0.25, 0.3) is 0 Å². The maximum Gasteiger partial charge on any atom is 0.313 e. The second kappa shape index (κ2) is 6.36. The van der Waals surface area contributed by atoms with Crippen molar-refractivity contribution in [3.05, 3.63) is 34.6 Å². The lowest BCUT2D eigenvalue weighted by atomic mass is 9.81. The lowest BCUT2D eigenvalue weighted by Gasteiger charge is -2.28. The van der Waals surface area contributed by atoms with Crippen molar-refractivity contribution in [1.29, 1.82) is 0 Å². The van der Waals surface area contributed by atoms with E-state index in [-0.39, 0.29) is 17.4 Å². The van der Waals surface area contributed by atoms with Crippen LogP contribution in [0.3, 0.4) is 0 Å². The van der Waals surface area contributed by atoms with Crippen LogP contribution in [-0.4, -0.2) is 13.1 Å². The van der Waals surface area contributed by atoms with Crippen LogP contribution >= 0.6 is 24.0 Å². The normalized spacial score (nSPS) is 12.6. The average Bonchev–Trinajstić information content (AvgIpc) is 2.30. The molecule has 0 heterocycles. The molecule has 0 saturated heterocycles. The van der Waals surface area contributed by atoms with E-state index in [0.717, 1.165) is 0 Å². The van der Waals surface area contributed by atoms with Crippen LogP contribution in [0.4, 0.5) is 4.39 Å². The third-order valence-electron chi connectivity index (χ3n) is 2.79. The first kappa shape index (κ1) is 17.2. The molecule has 0 aliphatic rings. The fourth-order valence-electron chi connectivity index (χ4n) is 1.51. The van der Waals surface area contributed by atoms with Crippen molar-refractivity contribution in [2.45, 2.75) is 19.9 Å². The number of carbonyl (C=O) groups is 1. The highest BCUT2D eigenvalue weighted by atomic mass is 35.5. The summed E-state index contributed by atoms with van der Waals surface area (Å²) < 4.78 is 18.0. The fourth-order valence-corrected chi connectivity index (χ4v) is 1.63. The second-order valence-electron chi connectivity index (χ2n) is 4.36. The summed E-state index contributed by atoms with van der Waals surface area (Å²) in [5.74, 6) is -0.999. The van der Waals surface area contributed by atoms with E-state index in [9.17, 15) is 9.18 Å². The standard InChI is InChI=1S/C12H15ClFNO2.ClH/c1-12(2,11(16)17-3)10(15)7-4-5-8(13)9(14)6-7;/h4-6,10H,15H2,1-3H3;1H/t10-;/m0./s1. The average molecular weight is 296 g/mol. The maximum absolute atomic E-state index is 13.3. The summed E-state index contributed by atoms with van der Waals surface area (Å²) in [5.41, 5.74) is 5.52. The molecule has 0 unspecified atom stereocenters. The van der Waals surface area contributed by atoms with E-state index in [1.807, 2.05) is 0 Å². The third-order valence-corrected chi connectivity index (χ3v) is 3.10. The molecule has 3 nitrogen and oxygen atoms in total. The van der Waals surface area contributed by atoms with Gasteiger partial charge in [-0.05, 0) is 31.5 Å². The van der Waals surface area contributed by atoms with Crippen LogP contribution in [0.25, 0.3) is 0 Å². The lowest BCUT2D eigenvalue weighted by molar-refractivity contribution is -0.152. The minimum atomic E-state index is -0.935. The molecule has 6 heteroatoms. The van der Waals surface area contributed by atoms with E-state index >= 15 is 0 Å². The summed E-state index contributed by atoms with van der Waals surface area (Å²) in [6.07, 6.45) is 0. The summed E-state index contributed by atoms with van der Waals surface area (Å²) in [6.45, 7) is 3.30. The molecule has 0 spiro atoms. The minimum Gasteiger partial charge on any atom is -0.469 e. The van der Waals surface area contributed by atoms with Crippen molar-refractivity contribution in [1.82, 2.24) is 0 Å². The maximum atomic E-state index is 13.3. The number of halogens is 3. The fraction of sp³-hybridized carbons (Fsp3) is 0.417. The smallest absolute Gasteiger partial charge is 0.313 e. The molecule has 0 saturated carbocycles. The number of hydrogen-bond donors (Lipinski definition) is 1. The quantitative estimate of drug-likeness (QED) is 0.872. The van der Waals surface area contributed by atoms with Gasteiger partial charge in [-0.1, -0.05) is 17.7 Å². The van der Waals surface area contributed by atoms with Gasteiger partial charge in [0.2, 0.25) is 0 Å². The number of ether oxygens (including phenoxy) is 1. The zero-order valence-corrected chi connectivity index (χ0v) is 11.9. The molecule has 0 aliphatic carbocycles. The number of rotatable bonds is 3. The lowest BCUT2D eigenvalue weighted by Crippen LogP contribution is -2.37. The number of benzene rings is 1. The number of esters is 1. The number of methoxy groups -OCH3 is 1. The molecule has 1 rings (SSSR count). The molecule has 1 aromatic rings. The van der Waals surface area contributed by atoms with Crippen molar-refractivity contribution in [3.63, 3.8) is 0 Å². The Kier molecular flexibility index (Phi) is 6.07. The molecule has 2 N–H and O–H groups in total. The summed E-state index contributed by atoms with van der Waals surface area (Å²) in [4.78, 5) is 11.6. The summed E-state index contributed by atoms with van der Waals surface area (Å²) in [5, 5.41) is 0.0248. The predicted octanol–water partition coefficient (Wildman–Crippen LogP) is 3.10. The Morgan fingerprint density at radius 3 is 2.50 bits per heavy atom. The first-order chi connectivity index (χ1) is 7.80. The molecule has 0 radical (unpaired) electrons. The van der Waals surface area contributed by atoms with Gasteiger partial charge < -0.3 is 10.5 Å². The third kappa shape index (κ3) is 3.34. The van der Waals surface area contributed by atoms with Crippen LogP contribution in [-0.2, 0) is 9.53 Å². The van der Waals surface area contributed by atoms with Crippen molar-refractivity contribution in [2.75, 3.05) is 7.11 Å². The van der Waals surface area contributed by atoms with Gasteiger partial charge in [-0.2, -0.15) is 0 Å². The minimum absolute atomic E-state index is 0. The molecular formula is C12H16Cl2FNO2. The van der Waals surface area contributed by atoms with Gasteiger partial charge in [0.05, 0.1) is 17.5 Å². The second-order valence-corrected chi connectivity index (χ2v) is 4.77. The molecule has 0 amide bonds. The van der Waals surface area contributed by atoms with Gasteiger partial charge in [-0.15, -0.1) is 12.4 Å². The highest BCUT2D eigenvalue weighted by Gasteiger charge is 2.36. The van der Waals surface area contributed by atoms with Crippen molar-refractivity contribution >= 4 is 30.0 Å². The van der Waals surface area contributed by atoms with Gasteiger partial charge in [0.1, 0.15) is 5.82 Å². The van der Waals surface area contributed by atoms with Crippen LogP contribution < -0.4 is 5.73 Å². The summed E-state index contributed by atoms with van der Waals surface area (Å²) in [6, 6.07) is 3.58. The molecule has 0 fully saturated rings. The molecule has 0 aliphatic heterocycles. The molecule has 1 aromatic carbocycles. The van der Waals surface area contributed by atoms with Crippen molar-refractivity contribution < 1.29 is 13.9 Å². The van der Waals surface area contributed by atoms with E-state index < -0.39 is 23.2 Å². The SMILES string of the molecule is COC(=O)C(C)(C)[C@@H](N)c1ccc(Cl)c(F)c1.Cl. The predicted molar refractivity (Wildman–Crippen MR) is 71.4 cm³/mol. The van der Waals surface area contributed by atoms with E-state index in [1.54, 1.807) is 19.9 Å². The topological polar surface area (TPSA) is 52.3 Å². The highest BCUT2D eigenvalue weighted by Crippen LogP contribution is 2.33. The Bertz CT molecular complexity index is 438. The largest absolute Gasteiger partial charge is 0.469 e. The molecular weight excluding hydrogens is 280 g/mol. The van der Waals surface area contributed by atoms with E-state index in [4.69, 9.17) is 17.3 Å². The van der Waals surface area contributed by atoms with Gasteiger partial charge in [0, 0.05) is 6.04 Å². The first-order valence-corrected chi connectivity index (χ1v) is 5.47. The highest BCUT2D eigenvalue weighted by molar-refractivity contribution is 6.30. The Balaban J connectivity index is 0.00000289. The number of carbonyl (C=O) groups excluding carboxylic acids is 1. The summed E-state index contributed by atoms with van der Waals surface area (Å²) >= 11 is 5.58. The molecule has 102 valence electrons. The monoisotopic (exact) mass is 295 g/mol.